The Labute approximate surface area is 145 Å². The molecule has 2 nitrogen and oxygen atoms in total. The Hall–Kier alpha value is -0.0800. The molecule has 138 valence electrons. The predicted molar refractivity (Wildman–Crippen MR) is 100 cm³/mol. The molecule has 0 N–H and O–H groups in total. The highest BCUT2D eigenvalue weighted by Crippen LogP contribution is 2.19. The van der Waals surface area contributed by atoms with Crippen LogP contribution in [0.15, 0.2) is 0 Å². The number of hydrogen-bond donors (Lipinski definition) is 0. The number of hydrogen-bond acceptors (Lipinski definition) is 2. The second kappa shape index (κ2) is 15.4. The van der Waals surface area contributed by atoms with Crippen molar-refractivity contribution >= 4 is 0 Å². The van der Waals surface area contributed by atoms with Crippen LogP contribution in [-0.2, 0) is 9.47 Å². The first-order valence-electron chi connectivity index (χ1n) is 10.6. The second-order valence-electron chi connectivity index (χ2n) is 7.38. The molecule has 23 heavy (non-hydrogen) atoms. The molecule has 1 fully saturated rings. The predicted octanol–water partition coefficient (Wildman–Crippen LogP) is 6.66. The van der Waals surface area contributed by atoms with E-state index in [0.29, 0.717) is 12.2 Å². The molecule has 1 aliphatic heterocycles. The van der Waals surface area contributed by atoms with Gasteiger partial charge < -0.3 is 9.47 Å². The monoisotopic (exact) mass is 326 g/mol. The SMILES string of the molecule is CCCCCCCCCC(CCCCCCCC)OCC1CO1. The van der Waals surface area contributed by atoms with Crippen molar-refractivity contribution in [3.05, 3.63) is 0 Å². The van der Waals surface area contributed by atoms with Gasteiger partial charge >= 0.3 is 0 Å². The smallest absolute Gasteiger partial charge is 0.104 e. The van der Waals surface area contributed by atoms with Gasteiger partial charge in [-0.3, -0.25) is 0 Å². The fraction of sp³-hybridized carbons (Fsp3) is 1.00. The minimum atomic E-state index is 0.413. The van der Waals surface area contributed by atoms with Crippen molar-refractivity contribution in [2.45, 2.75) is 122 Å². The summed E-state index contributed by atoms with van der Waals surface area (Å²) < 4.78 is 11.4. The minimum Gasteiger partial charge on any atom is -0.375 e. The Bertz CT molecular complexity index is 238. The lowest BCUT2D eigenvalue weighted by Gasteiger charge is -2.17. The molecule has 0 aromatic rings. The lowest BCUT2D eigenvalue weighted by molar-refractivity contribution is 0.0288. The van der Waals surface area contributed by atoms with Gasteiger partial charge in [-0.05, 0) is 12.8 Å². The maximum atomic E-state index is 6.11. The Kier molecular flexibility index (Phi) is 14.1. The van der Waals surface area contributed by atoms with Crippen molar-refractivity contribution in [3.8, 4) is 0 Å². The van der Waals surface area contributed by atoms with Gasteiger partial charge in [0.25, 0.3) is 0 Å². The average Bonchev–Trinajstić information content (AvgIpc) is 3.38. The third kappa shape index (κ3) is 14.0. The van der Waals surface area contributed by atoms with E-state index in [1.807, 2.05) is 0 Å². The summed E-state index contributed by atoms with van der Waals surface area (Å²) in [6.45, 7) is 6.32. The summed E-state index contributed by atoms with van der Waals surface area (Å²) in [6, 6.07) is 0. The maximum absolute atomic E-state index is 6.11. The van der Waals surface area contributed by atoms with Gasteiger partial charge in [-0.25, -0.2) is 0 Å². The summed E-state index contributed by atoms with van der Waals surface area (Å²) in [7, 11) is 0. The van der Waals surface area contributed by atoms with E-state index in [9.17, 15) is 0 Å². The lowest BCUT2D eigenvalue weighted by atomic mass is 10.0. The standard InChI is InChI=1S/C21H42O2/c1-3-5-7-9-11-13-15-17-20(22-18-21-19-23-21)16-14-12-10-8-6-4-2/h20-21H,3-19H2,1-2H3. The summed E-state index contributed by atoms with van der Waals surface area (Å²) in [5, 5.41) is 0. The third-order valence-electron chi connectivity index (χ3n) is 4.93. The number of epoxide rings is 1. The van der Waals surface area contributed by atoms with Crippen LogP contribution in [0.4, 0.5) is 0 Å². The minimum absolute atomic E-state index is 0.413. The van der Waals surface area contributed by atoms with Crippen molar-refractivity contribution in [1.29, 1.82) is 0 Å². The fourth-order valence-electron chi connectivity index (χ4n) is 3.20. The van der Waals surface area contributed by atoms with E-state index in [1.165, 1.54) is 96.3 Å². The van der Waals surface area contributed by atoms with E-state index in [0.717, 1.165) is 13.2 Å². The largest absolute Gasteiger partial charge is 0.375 e. The summed E-state index contributed by atoms with van der Waals surface area (Å²) in [5.74, 6) is 0. The van der Waals surface area contributed by atoms with Crippen LogP contribution in [0, 0.1) is 0 Å². The van der Waals surface area contributed by atoms with Gasteiger partial charge in [-0.15, -0.1) is 0 Å². The first kappa shape index (κ1) is 21.0. The molecule has 0 saturated carbocycles. The fourth-order valence-corrected chi connectivity index (χ4v) is 3.20. The van der Waals surface area contributed by atoms with Gasteiger partial charge in [-0.1, -0.05) is 97.3 Å². The zero-order chi connectivity index (χ0) is 16.6. The van der Waals surface area contributed by atoms with E-state index in [-0.39, 0.29) is 0 Å². The van der Waals surface area contributed by atoms with Crippen molar-refractivity contribution in [1.82, 2.24) is 0 Å². The molecular formula is C21H42O2. The highest BCUT2D eigenvalue weighted by atomic mass is 16.6. The first-order chi connectivity index (χ1) is 11.4. The highest BCUT2D eigenvalue weighted by molar-refractivity contribution is 4.69. The molecule has 1 aliphatic rings. The molecule has 0 aromatic heterocycles. The van der Waals surface area contributed by atoms with Crippen LogP contribution in [-0.4, -0.2) is 25.4 Å². The number of unbranched alkanes of at least 4 members (excludes halogenated alkanes) is 11. The number of ether oxygens (including phenoxy) is 2. The molecule has 2 heteroatoms. The molecule has 0 radical (unpaired) electrons. The van der Waals surface area contributed by atoms with Crippen molar-refractivity contribution in [2.75, 3.05) is 13.2 Å². The van der Waals surface area contributed by atoms with E-state index in [4.69, 9.17) is 9.47 Å². The van der Waals surface area contributed by atoms with Gasteiger partial charge in [0, 0.05) is 0 Å². The maximum Gasteiger partial charge on any atom is 0.104 e. The third-order valence-corrected chi connectivity index (χ3v) is 4.93. The number of rotatable bonds is 18. The van der Waals surface area contributed by atoms with Gasteiger partial charge in [0.15, 0.2) is 0 Å². The van der Waals surface area contributed by atoms with Gasteiger partial charge in [-0.2, -0.15) is 0 Å². The molecule has 2 unspecified atom stereocenters. The Morgan fingerprint density at radius 1 is 0.739 bits per heavy atom. The first-order valence-corrected chi connectivity index (χ1v) is 10.6. The van der Waals surface area contributed by atoms with Crippen LogP contribution in [0.25, 0.3) is 0 Å². The van der Waals surface area contributed by atoms with Crippen molar-refractivity contribution in [3.63, 3.8) is 0 Å². The van der Waals surface area contributed by atoms with E-state index >= 15 is 0 Å². The van der Waals surface area contributed by atoms with Crippen LogP contribution in [0.1, 0.15) is 110 Å². The Morgan fingerprint density at radius 3 is 1.61 bits per heavy atom. The van der Waals surface area contributed by atoms with Gasteiger partial charge in [0.2, 0.25) is 0 Å². The molecule has 0 aromatic carbocycles. The summed E-state index contributed by atoms with van der Waals surface area (Å²) in [5.41, 5.74) is 0. The molecular weight excluding hydrogens is 284 g/mol. The Morgan fingerprint density at radius 2 is 1.17 bits per heavy atom. The van der Waals surface area contributed by atoms with Crippen LogP contribution in [0.3, 0.4) is 0 Å². The van der Waals surface area contributed by atoms with Crippen LogP contribution < -0.4 is 0 Å². The average molecular weight is 327 g/mol. The second-order valence-corrected chi connectivity index (χ2v) is 7.38. The molecule has 2 atom stereocenters. The summed E-state index contributed by atoms with van der Waals surface area (Å²) in [6.07, 6.45) is 21.5. The van der Waals surface area contributed by atoms with Crippen LogP contribution in [0.5, 0.6) is 0 Å². The lowest BCUT2D eigenvalue weighted by Crippen LogP contribution is -2.16. The van der Waals surface area contributed by atoms with Gasteiger partial charge in [0.05, 0.1) is 19.3 Å². The highest BCUT2D eigenvalue weighted by Gasteiger charge is 2.24. The van der Waals surface area contributed by atoms with Crippen LogP contribution in [0.2, 0.25) is 0 Å². The summed E-state index contributed by atoms with van der Waals surface area (Å²) >= 11 is 0. The topological polar surface area (TPSA) is 21.8 Å². The molecule has 0 bridgehead atoms. The molecule has 1 rings (SSSR count). The van der Waals surface area contributed by atoms with Crippen molar-refractivity contribution < 1.29 is 9.47 Å². The molecule has 1 heterocycles. The summed E-state index contributed by atoms with van der Waals surface area (Å²) in [4.78, 5) is 0. The Balaban J connectivity index is 2.00. The van der Waals surface area contributed by atoms with Crippen LogP contribution >= 0.6 is 0 Å². The molecule has 0 amide bonds. The zero-order valence-corrected chi connectivity index (χ0v) is 16.0. The van der Waals surface area contributed by atoms with Gasteiger partial charge in [0.1, 0.15) is 6.10 Å². The van der Waals surface area contributed by atoms with E-state index in [1.54, 1.807) is 0 Å². The quantitative estimate of drug-likeness (QED) is 0.207. The molecule has 1 saturated heterocycles. The molecule has 0 spiro atoms. The zero-order valence-electron chi connectivity index (χ0n) is 16.0. The molecule has 0 aliphatic carbocycles. The van der Waals surface area contributed by atoms with Crippen molar-refractivity contribution in [2.24, 2.45) is 0 Å². The normalized spacial score (nSPS) is 18.3. The van der Waals surface area contributed by atoms with E-state index < -0.39 is 0 Å². The van der Waals surface area contributed by atoms with E-state index in [2.05, 4.69) is 13.8 Å².